The van der Waals surface area contributed by atoms with Crippen molar-refractivity contribution in [2.45, 2.75) is 11.8 Å². The van der Waals surface area contributed by atoms with E-state index in [1.54, 1.807) is 41.4 Å². The molecule has 0 aliphatic carbocycles. The fraction of sp³-hybridized carbons (Fsp3) is 0.304. The van der Waals surface area contributed by atoms with Gasteiger partial charge in [0.2, 0.25) is 10.0 Å². The highest BCUT2D eigenvalue weighted by Crippen LogP contribution is 2.29. The van der Waals surface area contributed by atoms with E-state index in [2.05, 4.69) is 4.98 Å². The van der Waals surface area contributed by atoms with Crippen LogP contribution in [0.25, 0.3) is 10.9 Å². The van der Waals surface area contributed by atoms with E-state index >= 15 is 0 Å². The monoisotopic (exact) mass is 455 g/mol. The topological polar surface area (TPSA) is 89.0 Å². The molecule has 0 N–H and O–H groups in total. The van der Waals surface area contributed by atoms with Gasteiger partial charge in [0.1, 0.15) is 4.90 Å². The van der Waals surface area contributed by atoms with Gasteiger partial charge in [-0.3, -0.25) is 9.78 Å². The standard InChI is InChI=1S/C23H25N3O5S/c1-16-13-17-5-4-6-21(22(17)24-15-16)32(28,29)26-11-9-25(10-12-26)23(27)18-7-8-19(30-2)20(14-18)31-3/h4-8,13-15H,9-12H2,1-3H3. The maximum atomic E-state index is 13.3. The Bertz CT molecular complexity index is 1270. The molecule has 1 saturated heterocycles. The predicted molar refractivity (Wildman–Crippen MR) is 121 cm³/mol. The lowest BCUT2D eigenvalue weighted by atomic mass is 10.1. The van der Waals surface area contributed by atoms with Crippen LogP contribution in [0.15, 0.2) is 53.6 Å². The quantitative estimate of drug-likeness (QED) is 0.588. The number of fused-ring (bicyclic) bond motifs is 1. The van der Waals surface area contributed by atoms with Crippen LogP contribution in [0.1, 0.15) is 15.9 Å². The first kappa shape index (κ1) is 22.0. The number of pyridine rings is 1. The molecule has 0 unspecified atom stereocenters. The largest absolute Gasteiger partial charge is 0.493 e. The van der Waals surface area contributed by atoms with E-state index in [0.29, 0.717) is 35.7 Å². The molecule has 0 saturated carbocycles. The van der Waals surface area contributed by atoms with Crippen LogP contribution in [0, 0.1) is 6.92 Å². The number of rotatable bonds is 5. The first-order chi connectivity index (χ1) is 15.3. The number of ether oxygens (including phenoxy) is 2. The predicted octanol–water partition coefficient (Wildman–Crippen LogP) is 2.71. The van der Waals surface area contributed by atoms with Crippen molar-refractivity contribution in [2.24, 2.45) is 0 Å². The molecule has 4 rings (SSSR count). The van der Waals surface area contributed by atoms with Crippen LogP contribution in [-0.4, -0.2) is 68.9 Å². The molecule has 1 aliphatic heterocycles. The average molecular weight is 456 g/mol. The Kier molecular flexibility index (Phi) is 6.03. The van der Waals surface area contributed by atoms with Crippen LogP contribution in [0.3, 0.4) is 0 Å². The molecule has 0 bridgehead atoms. The number of aromatic nitrogens is 1. The van der Waals surface area contributed by atoms with Crippen LogP contribution in [0.5, 0.6) is 11.5 Å². The van der Waals surface area contributed by atoms with Crippen molar-refractivity contribution in [3.63, 3.8) is 0 Å². The third-order valence-corrected chi connectivity index (χ3v) is 7.52. The molecule has 32 heavy (non-hydrogen) atoms. The molecular formula is C23H25N3O5S. The van der Waals surface area contributed by atoms with Gasteiger partial charge in [-0.05, 0) is 42.8 Å². The van der Waals surface area contributed by atoms with E-state index in [9.17, 15) is 13.2 Å². The lowest BCUT2D eigenvalue weighted by Crippen LogP contribution is -2.50. The summed E-state index contributed by atoms with van der Waals surface area (Å²) in [7, 11) is -0.692. The number of methoxy groups -OCH3 is 2. The average Bonchev–Trinajstić information content (AvgIpc) is 2.82. The lowest BCUT2D eigenvalue weighted by Gasteiger charge is -2.34. The maximum absolute atomic E-state index is 13.3. The van der Waals surface area contributed by atoms with Gasteiger partial charge < -0.3 is 14.4 Å². The van der Waals surface area contributed by atoms with Crippen LogP contribution >= 0.6 is 0 Å². The second kappa shape index (κ2) is 8.76. The number of hydrogen-bond donors (Lipinski definition) is 0. The zero-order valence-corrected chi connectivity index (χ0v) is 19.1. The first-order valence-electron chi connectivity index (χ1n) is 10.2. The summed E-state index contributed by atoms with van der Waals surface area (Å²) in [5.74, 6) is 0.836. The minimum atomic E-state index is -3.74. The second-order valence-corrected chi connectivity index (χ2v) is 9.51. The second-order valence-electron chi connectivity index (χ2n) is 7.61. The van der Waals surface area contributed by atoms with Crippen molar-refractivity contribution in [3.8, 4) is 11.5 Å². The highest BCUT2D eigenvalue weighted by Gasteiger charge is 2.32. The maximum Gasteiger partial charge on any atom is 0.254 e. The fourth-order valence-corrected chi connectivity index (χ4v) is 5.46. The number of carbonyl (C=O) groups is 1. The van der Waals surface area contributed by atoms with E-state index in [4.69, 9.17) is 9.47 Å². The Morgan fingerprint density at radius 1 is 0.969 bits per heavy atom. The van der Waals surface area contributed by atoms with Gasteiger partial charge in [-0.25, -0.2) is 8.42 Å². The Morgan fingerprint density at radius 3 is 2.38 bits per heavy atom. The van der Waals surface area contributed by atoms with E-state index in [1.807, 2.05) is 19.1 Å². The van der Waals surface area contributed by atoms with Crippen LogP contribution in [-0.2, 0) is 10.0 Å². The molecule has 2 heterocycles. The van der Waals surface area contributed by atoms with Crippen molar-refractivity contribution in [1.82, 2.24) is 14.2 Å². The first-order valence-corrected chi connectivity index (χ1v) is 11.7. The van der Waals surface area contributed by atoms with Gasteiger partial charge >= 0.3 is 0 Å². The van der Waals surface area contributed by atoms with Crippen LogP contribution in [0.4, 0.5) is 0 Å². The molecule has 1 fully saturated rings. The third kappa shape index (κ3) is 4.01. The number of sulfonamides is 1. The van der Waals surface area contributed by atoms with Gasteiger partial charge in [0.05, 0.1) is 19.7 Å². The van der Waals surface area contributed by atoms with Gasteiger partial charge in [0.25, 0.3) is 5.91 Å². The van der Waals surface area contributed by atoms with Gasteiger partial charge in [-0.1, -0.05) is 12.1 Å². The Hall–Kier alpha value is -3.17. The zero-order valence-electron chi connectivity index (χ0n) is 18.2. The van der Waals surface area contributed by atoms with Gasteiger partial charge in [0.15, 0.2) is 11.5 Å². The van der Waals surface area contributed by atoms with Crippen LogP contribution in [0.2, 0.25) is 0 Å². The molecule has 0 atom stereocenters. The minimum Gasteiger partial charge on any atom is -0.493 e. The van der Waals surface area contributed by atoms with E-state index in [0.717, 1.165) is 10.9 Å². The Labute approximate surface area is 187 Å². The molecule has 3 aromatic rings. The van der Waals surface area contributed by atoms with Crippen molar-refractivity contribution < 1.29 is 22.7 Å². The Balaban J connectivity index is 1.52. The van der Waals surface area contributed by atoms with Crippen molar-refractivity contribution in [3.05, 3.63) is 59.8 Å². The third-order valence-electron chi connectivity index (χ3n) is 5.58. The van der Waals surface area contributed by atoms with Crippen molar-refractivity contribution >= 4 is 26.8 Å². The van der Waals surface area contributed by atoms with E-state index in [-0.39, 0.29) is 23.9 Å². The molecule has 1 aromatic heterocycles. The lowest BCUT2D eigenvalue weighted by molar-refractivity contribution is 0.0697. The molecule has 168 valence electrons. The van der Waals surface area contributed by atoms with Gasteiger partial charge in [-0.2, -0.15) is 4.31 Å². The number of nitrogens with zero attached hydrogens (tertiary/aromatic N) is 3. The smallest absolute Gasteiger partial charge is 0.254 e. The number of carbonyl (C=O) groups excluding carboxylic acids is 1. The summed E-state index contributed by atoms with van der Waals surface area (Å²) in [4.78, 5) is 19.2. The normalized spacial score (nSPS) is 15.0. The number of hydrogen-bond acceptors (Lipinski definition) is 6. The molecule has 0 spiro atoms. The number of benzene rings is 2. The highest BCUT2D eigenvalue weighted by atomic mass is 32.2. The van der Waals surface area contributed by atoms with E-state index < -0.39 is 10.0 Å². The summed E-state index contributed by atoms with van der Waals surface area (Å²) in [6.07, 6.45) is 1.67. The van der Waals surface area contributed by atoms with Gasteiger partial charge in [0, 0.05) is 43.3 Å². The summed E-state index contributed by atoms with van der Waals surface area (Å²) < 4.78 is 38.6. The molecular weight excluding hydrogens is 430 g/mol. The molecule has 9 heteroatoms. The minimum absolute atomic E-state index is 0.176. The summed E-state index contributed by atoms with van der Waals surface area (Å²) in [5, 5.41) is 0.786. The molecule has 8 nitrogen and oxygen atoms in total. The van der Waals surface area contributed by atoms with E-state index in [1.165, 1.54) is 18.5 Å². The number of piperazine rings is 1. The van der Waals surface area contributed by atoms with Crippen LogP contribution < -0.4 is 9.47 Å². The fourth-order valence-electron chi connectivity index (χ4n) is 3.87. The summed E-state index contributed by atoms with van der Waals surface area (Å²) in [6, 6.07) is 12.1. The molecule has 2 aromatic carbocycles. The number of aryl methyl sites for hydroxylation is 1. The summed E-state index contributed by atoms with van der Waals surface area (Å²) in [6.45, 7) is 2.93. The Morgan fingerprint density at radius 2 is 1.69 bits per heavy atom. The molecule has 0 radical (unpaired) electrons. The SMILES string of the molecule is COc1ccc(C(=O)N2CCN(S(=O)(=O)c3cccc4cc(C)cnc34)CC2)cc1OC. The number of amides is 1. The molecule has 1 aliphatic rings. The molecule has 1 amide bonds. The number of para-hydroxylation sites is 1. The van der Waals surface area contributed by atoms with Gasteiger partial charge in [-0.15, -0.1) is 0 Å². The summed E-state index contributed by atoms with van der Waals surface area (Å²) in [5.41, 5.74) is 1.89. The summed E-state index contributed by atoms with van der Waals surface area (Å²) >= 11 is 0. The zero-order chi connectivity index (χ0) is 22.9. The van der Waals surface area contributed by atoms with Crippen molar-refractivity contribution in [2.75, 3.05) is 40.4 Å². The van der Waals surface area contributed by atoms with Crippen molar-refractivity contribution in [1.29, 1.82) is 0 Å². The highest BCUT2D eigenvalue weighted by molar-refractivity contribution is 7.89.